The molecule has 0 spiro atoms. The fraction of sp³-hybridized carbons (Fsp3) is 1.00. The highest BCUT2D eigenvalue weighted by Crippen LogP contribution is 2.25. The van der Waals surface area contributed by atoms with Crippen LogP contribution < -0.4 is 5.73 Å². The van der Waals surface area contributed by atoms with Crippen molar-refractivity contribution in [3.63, 3.8) is 0 Å². The Morgan fingerprint density at radius 2 is 1.64 bits per heavy atom. The smallest absolute Gasteiger partial charge is 0.105 e. The molecule has 2 heteroatoms. The molecule has 0 rings (SSSR count). The highest BCUT2D eigenvalue weighted by molar-refractivity contribution is 4.75. The van der Waals surface area contributed by atoms with Crippen molar-refractivity contribution in [2.75, 3.05) is 6.54 Å². The third-order valence-electron chi connectivity index (χ3n) is 3.31. The summed E-state index contributed by atoms with van der Waals surface area (Å²) in [7, 11) is 0. The lowest BCUT2D eigenvalue weighted by Gasteiger charge is -2.25. The predicted molar refractivity (Wildman–Crippen MR) is 61.0 cm³/mol. The highest BCUT2D eigenvalue weighted by Gasteiger charge is 2.24. The van der Waals surface area contributed by atoms with Crippen molar-refractivity contribution in [2.45, 2.75) is 53.1 Å². The molecule has 0 aromatic rings. The Labute approximate surface area is 88.3 Å². The molecule has 0 aliphatic carbocycles. The van der Waals surface area contributed by atoms with E-state index in [1.165, 1.54) is 0 Å². The van der Waals surface area contributed by atoms with Crippen LogP contribution in [0.2, 0.25) is 0 Å². The fourth-order valence-electron chi connectivity index (χ4n) is 1.95. The normalized spacial score (nSPS) is 16.3. The van der Waals surface area contributed by atoms with E-state index in [4.69, 9.17) is 5.73 Å². The topological polar surface area (TPSA) is 26.0 Å². The summed E-state index contributed by atoms with van der Waals surface area (Å²) in [5.74, 6) is 0.915. The summed E-state index contributed by atoms with van der Waals surface area (Å²) in [6.45, 7) is 8.84. The molecule has 2 atom stereocenters. The van der Waals surface area contributed by atoms with Gasteiger partial charge in [-0.3, -0.25) is 0 Å². The van der Waals surface area contributed by atoms with Crippen LogP contribution in [-0.2, 0) is 0 Å². The van der Waals surface area contributed by atoms with Crippen molar-refractivity contribution >= 4 is 0 Å². The Morgan fingerprint density at radius 1 is 1.14 bits per heavy atom. The number of alkyl halides is 1. The number of halogens is 1. The predicted octanol–water partition coefficient (Wildman–Crippen LogP) is 3.38. The van der Waals surface area contributed by atoms with E-state index in [1.54, 1.807) is 0 Å². The first-order valence-corrected chi connectivity index (χ1v) is 5.90. The van der Waals surface area contributed by atoms with Crippen LogP contribution >= 0.6 is 0 Å². The molecule has 0 amide bonds. The number of nitrogens with two attached hydrogens (primary N) is 1. The van der Waals surface area contributed by atoms with E-state index in [0.29, 0.717) is 24.8 Å². The van der Waals surface area contributed by atoms with Gasteiger partial charge in [0.25, 0.3) is 0 Å². The zero-order chi connectivity index (χ0) is 11.1. The zero-order valence-corrected chi connectivity index (χ0v) is 10.1. The molecule has 0 heterocycles. The van der Waals surface area contributed by atoms with Crippen molar-refractivity contribution in [3.05, 3.63) is 0 Å². The number of hydrogen-bond acceptors (Lipinski definition) is 1. The summed E-state index contributed by atoms with van der Waals surface area (Å²) >= 11 is 0. The van der Waals surface area contributed by atoms with Crippen molar-refractivity contribution in [3.8, 4) is 0 Å². The lowest BCUT2D eigenvalue weighted by atomic mass is 9.85. The summed E-state index contributed by atoms with van der Waals surface area (Å²) in [5.41, 5.74) is 5.59. The molecule has 1 nitrogen and oxygen atoms in total. The standard InChI is InChI=1S/C12H26FN/c1-5-10(6-2)7-12(13)11(8-14)9(3)4/h9-12H,5-8,14H2,1-4H3. The first-order chi connectivity index (χ1) is 6.56. The van der Waals surface area contributed by atoms with Crippen LogP contribution in [0.25, 0.3) is 0 Å². The lowest BCUT2D eigenvalue weighted by molar-refractivity contribution is 0.150. The van der Waals surface area contributed by atoms with Gasteiger partial charge < -0.3 is 5.73 Å². The fourth-order valence-corrected chi connectivity index (χ4v) is 1.95. The zero-order valence-electron chi connectivity index (χ0n) is 10.1. The largest absolute Gasteiger partial charge is 0.330 e. The van der Waals surface area contributed by atoms with E-state index in [1.807, 2.05) is 0 Å². The van der Waals surface area contributed by atoms with Gasteiger partial charge in [0, 0.05) is 5.92 Å². The quantitative estimate of drug-likeness (QED) is 0.674. The van der Waals surface area contributed by atoms with Crippen LogP contribution in [0.5, 0.6) is 0 Å². The highest BCUT2D eigenvalue weighted by atomic mass is 19.1. The minimum atomic E-state index is -0.718. The molecule has 86 valence electrons. The van der Waals surface area contributed by atoms with Gasteiger partial charge in [-0.2, -0.15) is 0 Å². The second-order valence-corrected chi connectivity index (χ2v) is 4.58. The van der Waals surface area contributed by atoms with Gasteiger partial charge in [0.2, 0.25) is 0 Å². The van der Waals surface area contributed by atoms with Crippen LogP contribution in [0.15, 0.2) is 0 Å². The second kappa shape index (κ2) is 7.22. The third kappa shape index (κ3) is 4.41. The molecule has 14 heavy (non-hydrogen) atoms. The summed E-state index contributed by atoms with van der Waals surface area (Å²) < 4.78 is 13.9. The van der Waals surface area contributed by atoms with Crippen LogP contribution in [0.3, 0.4) is 0 Å². The van der Waals surface area contributed by atoms with Crippen LogP contribution in [-0.4, -0.2) is 12.7 Å². The molecule has 0 aromatic carbocycles. The third-order valence-corrected chi connectivity index (χ3v) is 3.31. The molecule has 0 aliphatic rings. The van der Waals surface area contributed by atoms with Gasteiger partial charge in [0.15, 0.2) is 0 Å². The van der Waals surface area contributed by atoms with Crippen LogP contribution in [0.1, 0.15) is 47.0 Å². The molecule has 0 fully saturated rings. The molecule has 0 bridgehead atoms. The van der Waals surface area contributed by atoms with Gasteiger partial charge in [-0.15, -0.1) is 0 Å². The second-order valence-electron chi connectivity index (χ2n) is 4.58. The molecular formula is C12H26FN. The Morgan fingerprint density at radius 3 is 1.93 bits per heavy atom. The summed E-state index contributed by atoms with van der Waals surface area (Å²) in [5, 5.41) is 0. The van der Waals surface area contributed by atoms with Gasteiger partial charge >= 0.3 is 0 Å². The number of rotatable bonds is 7. The Hall–Kier alpha value is -0.110. The minimum Gasteiger partial charge on any atom is -0.330 e. The van der Waals surface area contributed by atoms with E-state index in [-0.39, 0.29) is 5.92 Å². The SMILES string of the molecule is CCC(CC)CC(F)C(CN)C(C)C. The average molecular weight is 203 g/mol. The molecule has 0 saturated heterocycles. The van der Waals surface area contributed by atoms with E-state index in [2.05, 4.69) is 27.7 Å². The van der Waals surface area contributed by atoms with Crippen LogP contribution in [0, 0.1) is 17.8 Å². The maximum atomic E-state index is 13.9. The van der Waals surface area contributed by atoms with E-state index in [9.17, 15) is 4.39 Å². The monoisotopic (exact) mass is 203 g/mol. The van der Waals surface area contributed by atoms with Gasteiger partial charge in [-0.1, -0.05) is 40.5 Å². The average Bonchev–Trinajstić information content (AvgIpc) is 2.14. The van der Waals surface area contributed by atoms with Crippen molar-refractivity contribution in [1.29, 1.82) is 0 Å². The summed E-state index contributed by atoms with van der Waals surface area (Å²) in [6, 6.07) is 0. The van der Waals surface area contributed by atoms with Crippen molar-refractivity contribution in [1.82, 2.24) is 0 Å². The summed E-state index contributed by atoms with van der Waals surface area (Å²) in [4.78, 5) is 0. The van der Waals surface area contributed by atoms with Gasteiger partial charge in [-0.25, -0.2) is 4.39 Å². The van der Waals surface area contributed by atoms with Crippen molar-refractivity contribution < 1.29 is 4.39 Å². The van der Waals surface area contributed by atoms with Gasteiger partial charge in [-0.05, 0) is 24.8 Å². The van der Waals surface area contributed by atoms with Crippen molar-refractivity contribution in [2.24, 2.45) is 23.5 Å². The Kier molecular flexibility index (Phi) is 7.16. The first-order valence-electron chi connectivity index (χ1n) is 5.90. The maximum absolute atomic E-state index is 13.9. The first kappa shape index (κ1) is 13.9. The molecule has 0 aliphatic heterocycles. The molecule has 0 saturated carbocycles. The number of hydrogen-bond donors (Lipinski definition) is 1. The maximum Gasteiger partial charge on any atom is 0.105 e. The van der Waals surface area contributed by atoms with Gasteiger partial charge in [0.05, 0.1) is 0 Å². The summed E-state index contributed by atoms with van der Waals surface area (Å²) in [6.07, 6.45) is 2.12. The van der Waals surface area contributed by atoms with Gasteiger partial charge in [0.1, 0.15) is 6.17 Å². The van der Waals surface area contributed by atoms with Crippen LogP contribution in [0.4, 0.5) is 4.39 Å². The van der Waals surface area contributed by atoms with E-state index >= 15 is 0 Å². The minimum absolute atomic E-state index is 0.0376. The van der Waals surface area contributed by atoms with E-state index in [0.717, 1.165) is 12.8 Å². The molecule has 0 aromatic heterocycles. The molecule has 0 radical (unpaired) electrons. The Balaban J connectivity index is 4.08. The molecule has 2 unspecified atom stereocenters. The Bertz CT molecular complexity index is 132. The van der Waals surface area contributed by atoms with E-state index < -0.39 is 6.17 Å². The molecular weight excluding hydrogens is 177 g/mol. The lowest BCUT2D eigenvalue weighted by Crippen LogP contribution is -2.30. The molecule has 2 N–H and O–H groups in total.